The summed E-state index contributed by atoms with van der Waals surface area (Å²) in [6.45, 7) is 29.7. The van der Waals surface area contributed by atoms with Crippen molar-refractivity contribution in [3.05, 3.63) is 49.1 Å². The van der Waals surface area contributed by atoms with E-state index in [1.807, 2.05) is 0 Å². The molecule has 0 aromatic heterocycles. The van der Waals surface area contributed by atoms with Gasteiger partial charge >= 0.3 is 17.6 Å². The van der Waals surface area contributed by atoms with Crippen molar-refractivity contribution in [2.45, 2.75) is 143 Å². The number of hydrogen-bond acceptors (Lipinski definition) is 8. The summed E-state index contributed by atoms with van der Waals surface area (Å²) >= 11 is 6.22. The molecule has 0 aromatic carbocycles. The van der Waals surface area contributed by atoms with Gasteiger partial charge in [0.1, 0.15) is 0 Å². The summed E-state index contributed by atoms with van der Waals surface area (Å²) in [6.07, 6.45) is 10.7. The van der Waals surface area contributed by atoms with Crippen LogP contribution in [0.2, 0.25) is 92.0 Å². The second kappa shape index (κ2) is 28.5. The molecule has 2 saturated heterocycles. The Balaban J connectivity index is 0.000000858. The second-order valence-electron chi connectivity index (χ2n) is 17.8. The topological polar surface area (TPSA) is 55.4 Å². The van der Waals surface area contributed by atoms with E-state index < -0.39 is 58.0 Å². The summed E-state index contributed by atoms with van der Waals surface area (Å²) in [4.78, 5) is 0. The zero-order valence-corrected chi connectivity index (χ0v) is 46.5. The van der Waals surface area contributed by atoms with Crippen LogP contribution < -0.4 is 0 Å². The van der Waals surface area contributed by atoms with Crippen LogP contribution in [0.5, 0.6) is 0 Å². The van der Waals surface area contributed by atoms with Crippen molar-refractivity contribution in [1.82, 2.24) is 0 Å². The molecule has 4 unspecified atom stereocenters. The summed E-state index contributed by atoms with van der Waals surface area (Å²) in [5.41, 5.74) is 14.0. The SMILES string of the molecule is C=C[Si]1(C)CCCCC[Si](C)(C=C)C[Si](C)(C=C)C1.C=C[Si]1(C)CCCCC[Si](C)(CCSCCC[Si](OC)(OC)OC)C1.CO[Si](CCCS)(OC)OC. The highest BCUT2D eigenvalue weighted by molar-refractivity contribution is 7.99. The lowest BCUT2D eigenvalue weighted by Crippen LogP contribution is -2.48. The molecule has 2 aliphatic heterocycles. The molecular weight excluding hydrogens is 837 g/mol. The Kier molecular flexibility index (Phi) is 28.9. The lowest BCUT2D eigenvalue weighted by Gasteiger charge is -2.39. The minimum atomic E-state index is -2.37. The molecule has 0 aliphatic carbocycles. The van der Waals surface area contributed by atoms with Gasteiger partial charge in [0.15, 0.2) is 0 Å². The number of hydrogen-bond donors (Lipinski definition) is 1. The van der Waals surface area contributed by atoms with Crippen LogP contribution in [0.15, 0.2) is 49.1 Å². The Labute approximate surface area is 359 Å². The molecule has 0 bridgehead atoms. The van der Waals surface area contributed by atoms with Gasteiger partial charge in [-0.15, -0.1) is 49.1 Å². The van der Waals surface area contributed by atoms with E-state index in [-0.39, 0.29) is 0 Å². The molecule has 0 radical (unpaired) electrons. The molecule has 0 spiro atoms. The summed E-state index contributed by atoms with van der Waals surface area (Å²) in [5.74, 6) is 3.35. The van der Waals surface area contributed by atoms with E-state index in [0.29, 0.717) is 0 Å². The summed E-state index contributed by atoms with van der Waals surface area (Å²) in [6, 6.07) is 9.13. The first-order valence-electron chi connectivity index (χ1n) is 21.0. The molecule has 4 atom stereocenters. The highest BCUT2D eigenvalue weighted by Gasteiger charge is 2.41. The Bertz CT molecular complexity index is 1050. The largest absolute Gasteiger partial charge is 0.500 e. The maximum Gasteiger partial charge on any atom is 0.500 e. The number of thiol groups is 1. The van der Waals surface area contributed by atoms with Crippen LogP contribution >= 0.6 is 24.4 Å². The van der Waals surface area contributed by atoms with E-state index in [1.165, 1.54) is 91.6 Å². The summed E-state index contributed by atoms with van der Waals surface area (Å²) in [7, 11) is -0.733. The number of rotatable bonds is 20. The van der Waals surface area contributed by atoms with E-state index in [2.05, 4.69) is 106 Å². The first-order chi connectivity index (χ1) is 25.9. The van der Waals surface area contributed by atoms with Gasteiger partial charge in [0.25, 0.3) is 0 Å². The molecule has 324 valence electrons. The third-order valence-corrected chi connectivity index (χ3v) is 51.0. The molecule has 55 heavy (non-hydrogen) atoms. The maximum atomic E-state index is 5.50. The van der Waals surface area contributed by atoms with Crippen molar-refractivity contribution in [2.24, 2.45) is 0 Å². The Morgan fingerprint density at radius 3 is 1.24 bits per heavy atom. The van der Waals surface area contributed by atoms with Crippen LogP contribution in [0.1, 0.15) is 51.4 Å². The van der Waals surface area contributed by atoms with Crippen molar-refractivity contribution in [2.75, 3.05) is 59.9 Å². The zero-order chi connectivity index (χ0) is 42.1. The van der Waals surface area contributed by atoms with Crippen molar-refractivity contribution in [3.63, 3.8) is 0 Å². The summed E-state index contributed by atoms with van der Waals surface area (Å²) < 4.78 is 32.1. The lowest BCUT2D eigenvalue weighted by molar-refractivity contribution is 0.123. The fourth-order valence-electron chi connectivity index (χ4n) is 8.83. The molecule has 2 rings (SSSR count). The van der Waals surface area contributed by atoms with Crippen LogP contribution in [0.4, 0.5) is 0 Å². The van der Waals surface area contributed by atoms with Crippen molar-refractivity contribution < 1.29 is 26.6 Å². The monoisotopic (exact) mass is 924 g/mol. The highest BCUT2D eigenvalue weighted by atomic mass is 32.2. The average molecular weight is 926 g/mol. The quantitative estimate of drug-likeness (QED) is 0.0742. The lowest BCUT2D eigenvalue weighted by atomic mass is 10.3. The Morgan fingerprint density at radius 1 is 0.509 bits per heavy atom. The van der Waals surface area contributed by atoms with E-state index in [0.717, 1.165) is 30.7 Å². The molecule has 15 heteroatoms. The first-order valence-corrected chi connectivity index (χ1v) is 41.7. The third-order valence-electron chi connectivity index (χ3n) is 12.6. The first kappa shape index (κ1) is 55.9. The van der Waals surface area contributed by atoms with Crippen LogP contribution in [0.3, 0.4) is 0 Å². The minimum Gasteiger partial charge on any atom is -0.377 e. The van der Waals surface area contributed by atoms with Gasteiger partial charge in [0, 0.05) is 62.8 Å². The van der Waals surface area contributed by atoms with Crippen molar-refractivity contribution >= 4 is 82.4 Å². The highest BCUT2D eigenvalue weighted by Crippen LogP contribution is 2.38. The molecule has 0 N–H and O–H groups in total. The van der Waals surface area contributed by atoms with Crippen molar-refractivity contribution in [1.29, 1.82) is 0 Å². The zero-order valence-electron chi connectivity index (χ0n) is 37.8. The number of thioether (sulfide) groups is 1. The van der Waals surface area contributed by atoms with Gasteiger partial charge in [-0.05, 0) is 36.1 Å². The fraction of sp³-hybridized carbons (Fsp3) is 0.800. The van der Waals surface area contributed by atoms with E-state index in [9.17, 15) is 0 Å². The van der Waals surface area contributed by atoms with E-state index in [4.69, 9.17) is 26.6 Å². The smallest absolute Gasteiger partial charge is 0.377 e. The molecule has 0 aromatic rings. The van der Waals surface area contributed by atoms with Gasteiger partial charge in [0.05, 0.1) is 32.3 Å². The Hall–Kier alpha value is 0.938. The second-order valence-corrected chi connectivity index (χ2v) is 50.9. The van der Waals surface area contributed by atoms with Crippen LogP contribution in [-0.2, 0) is 26.6 Å². The average Bonchev–Trinajstić information content (AvgIpc) is 3.18. The maximum absolute atomic E-state index is 5.50. The molecule has 0 saturated carbocycles. The van der Waals surface area contributed by atoms with Crippen LogP contribution in [0, 0.1) is 0 Å². The Morgan fingerprint density at radius 2 is 0.873 bits per heavy atom. The standard InChI is InChI=1S/C18H40O3SSi3.C16H32Si3.C6H16O3SSi/c1-7-23(5)14-9-8-10-15-24(6,18-23)17-13-22-12-11-16-25(19-2,20-3)21-4;1-7-17(4)13-11-10-12-14-18(5,8-2)16-19(6,9-3)15-17;1-7-11(8-2,9-3)6-4-5-10/h7H,1,8-18H2,2-6H3;7-9H,1-3,10-16H2,4-6H3;10H,4-6H2,1-3H3. The van der Waals surface area contributed by atoms with Gasteiger partial charge < -0.3 is 26.6 Å². The van der Waals surface area contributed by atoms with Crippen molar-refractivity contribution in [3.8, 4) is 0 Å². The van der Waals surface area contributed by atoms with Gasteiger partial charge in [-0.25, -0.2) is 0 Å². The molecule has 6 nitrogen and oxygen atoms in total. The third kappa shape index (κ3) is 21.3. The fourth-order valence-corrected chi connectivity index (χ4v) is 51.8. The van der Waals surface area contributed by atoms with Gasteiger partial charge in [-0.3, -0.25) is 0 Å². The van der Waals surface area contributed by atoms with Gasteiger partial charge in [-0.1, -0.05) is 112 Å². The molecule has 2 fully saturated rings. The van der Waals surface area contributed by atoms with Crippen LogP contribution in [0.25, 0.3) is 0 Å². The van der Waals surface area contributed by atoms with Crippen LogP contribution in [-0.4, -0.2) is 118 Å². The molecular formula is C40H88O6S2Si7. The van der Waals surface area contributed by atoms with E-state index >= 15 is 0 Å². The molecule has 2 aliphatic rings. The van der Waals surface area contributed by atoms with Gasteiger partial charge in [-0.2, -0.15) is 24.4 Å². The van der Waals surface area contributed by atoms with E-state index in [1.54, 1.807) is 48.3 Å². The minimum absolute atomic E-state index is 0.833. The summed E-state index contributed by atoms with van der Waals surface area (Å²) in [5, 5.41) is 0. The predicted octanol–water partition coefficient (Wildman–Crippen LogP) is 12.4. The molecule has 2 heterocycles. The molecule has 0 amide bonds. The van der Waals surface area contributed by atoms with Gasteiger partial charge in [0.2, 0.25) is 0 Å². The predicted molar refractivity (Wildman–Crippen MR) is 269 cm³/mol. The normalized spacial score (nSPS) is 29.5.